The normalized spacial score (nSPS) is 13.9. The Kier molecular flexibility index (Phi) is 4.36. The number of methoxy groups -OCH3 is 2. The van der Waals surface area contributed by atoms with Gasteiger partial charge < -0.3 is 25.4 Å². The molecule has 0 unspecified atom stereocenters. The number of nitrogens with two attached hydrogens (primary N) is 1. The first kappa shape index (κ1) is 15.2. The Bertz CT molecular complexity index is 686. The van der Waals surface area contributed by atoms with Crippen molar-refractivity contribution >= 4 is 23.0 Å². The van der Waals surface area contributed by atoms with Crippen LogP contribution in [0.1, 0.15) is 12.8 Å². The van der Waals surface area contributed by atoms with E-state index in [0.29, 0.717) is 17.3 Å². The highest BCUT2D eigenvalue weighted by molar-refractivity contribution is 5.80. The zero-order valence-corrected chi connectivity index (χ0v) is 13.4. The first-order chi connectivity index (χ1) is 11.2. The van der Waals surface area contributed by atoms with E-state index in [1.54, 1.807) is 20.3 Å². The lowest BCUT2D eigenvalue weighted by atomic mass is 10.2. The number of rotatable bonds is 5. The van der Waals surface area contributed by atoms with Crippen LogP contribution in [0.4, 0.5) is 23.0 Å². The van der Waals surface area contributed by atoms with Crippen LogP contribution in [0, 0.1) is 0 Å². The van der Waals surface area contributed by atoms with Crippen LogP contribution in [-0.4, -0.2) is 37.3 Å². The van der Waals surface area contributed by atoms with Crippen molar-refractivity contribution in [1.29, 1.82) is 0 Å². The Morgan fingerprint density at radius 3 is 2.61 bits per heavy atom. The smallest absolute Gasteiger partial charge is 0.159 e. The van der Waals surface area contributed by atoms with Gasteiger partial charge in [-0.05, 0) is 25.0 Å². The summed E-state index contributed by atoms with van der Waals surface area (Å²) in [5.41, 5.74) is 7.58. The van der Waals surface area contributed by atoms with Crippen molar-refractivity contribution < 1.29 is 9.47 Å². The fourth-order valence-corrected chi connectivity index (χ4v) is 2.70. The topological polar surface area (TPSA) is 85.5 Å². The summed E-state index contributed by atoms with van der Waals surface area (Å²) in [6.07, 6.45) is 3.86. The van der Waals surface area contributed by atoms with Gasteiger partial charge in [0.1, 0.15) is 23.5 Å². The molecule has 3 rings (SSSR count). The Balaban J connectivity index is 1.89. The molecule has 3 N–H and O–H groups in total. The van der Waals surface area contributed by atoms with Crippen molar-refractivity contribution in [3.63, 3.8) is 0 Å². The lowest BCUT2D eigenvalue weighted by Gasteiger charge is -2.20. The Morgan fingerprint density at radius 1 is 1.13 bits per heavy atom. The molecule has 23 heavy (non-hydrogen) atoms. The number of hydrogen-bond donors (Lipinski definition) is 2. The van der Waals surface area contributed by atoms with Crippen LogP contribution >= 0.6 is 0 Å². The molecule has 0 atom stereocenters. The molecule has 1 aliphatic rings. The first-order valence-corrected chi connectivity index (χ1v) is 7.57. The van der Waals surface area contributed by atoms with E-state index in [9.17, 15) is 0 Å². The molecule has 0 spiro atoms. The molecule has 0 aliphatic carbocycles. The summed E-state index contributed by atoms with van der Waals surface area (Å²) < 4.78 is 10.6. The van der Waals surface area contributed by atoms with E-state index in [1.807, 2.05) is 12.1 Å². The zero-order valence-electron chi connectivity index (χ0n) is 13.4. The first-order valence-electron chi connectivity index (χ1n) is 7.57. The predicted molar refractivity (Wildman–Crippen MR) is 90.7 cm³/mol. The highest BCUT2D eigenvalue weighted by Crippen LogP contribution is 2.35. The monoisotopic (exact) mass is 315 g/mol. The minimum atomic E-state index is 0.548. The van der Waals surface area contributed by atoms with E-state index in [2.05, 4.69) is 20.2 Å². The van der Waals surface area contributed by atoms with Gasteiger partial charge >= 0.3 is 0 Å². The zero-order chi connectivity index (χ0) is 16.2. The summed E-state index contributed by atoms with van der Waals surface area (Å²) in [7, 11) is 3.23. The van der Waals surface area contributed by atoms with Crippen LogP contribution in [0.15, 0.2) is 24.5 Å². The van der Waals surface area contributed by atoms with E-state index in [0.717, 1.165) is 30.3 Å². The van der Waals surface area contributed by atoms with Crippen molar-refractivity contribution in [2.45, 2.75) is 12.8 Å². The van der Waals surface area contributed by atoms with Crippen LogP contribution in [0.2, 0.25) is 0 Å². The second kappa shape index (κ2) is 6.60. The summed E-state index contributed by atoms with van der Waals surface area (Å²) in [4.78, 5) is 10.8. The molecular weight excluding hydrogens is 294 g/mol. The number of ether oxygens (including phenoxy) is 2. The van der Waals surface area contributed by atoms with Crippen LogP contribution in [0.3, 0.4) is 0 Å². The van der Waals surface area contributed by atoms with Gasteiger partial charge in [0, 0.05) is 19.2 Å². The van der Waals surface area contributed by atoms with Gasteiger partial charge in [-0.25, -0.2) is 9.97 Å². The van der Waals surface area contributed by atoms with Crippen LogP contribution in [0.25, 0.3) is 0 Å². The molecule has 7 nitrogen and oxygen atoms in total. The molecule has 122 valence electrons. The van der Waals surface area contributed by atoms with Crippen molar-refractivity contribution in [3.8, 4) is 11.5 Å². The van der Waals surface area contributed by atoms with Gasteiger partial charge in [-0.15, -0.1) is 0 Å². The Morgan fingerprint density at radius 2 is 1.91 bits per heavy atom. The fourth-order valence-electron chi connectivity index (χ4n) is 2.70. The molecule has 1 fully saturated rings. The summed E-state index contributed by atoms with van der Waals surface area (Å²) in [5, 5.41) is 3.22. The molecule has 0 radical (unpaired) electrons. The minimum absolute atomic E-state index is 0.548. The maximum atomic E-state index is 6.26. The van der Waals surface area contributed by atoms with Gasteiger partial charge in [0.25, 0.3) is 0 Å². The summed E-state index contributed by atoms with van der Waals surface area (Å²) in [5.74, 6) is 2.74. The van der Waals surface area contributed by atoms with Gasteiger partial charge in [0.15, 0.2) is 11.6 Å². The van der Waals surface area contributed by atoms with Gasteiger partial charge in [-0.2, -0.15) is 0 Å². The second-order valence-electron chi connectivity index (χ2n) is 5.34. The summed E-state index contributed by atoms with van der Waals surface area (Å²) in [6, 6.07) is 5.53. The van der Waals surface area contributed by atoms with E-state index >= 15 is 0 Å². The number of nitrogens with zero attached hydrogens (tertiary/aromatic N) is 3. The average Bonchev–Trinajstić information content (AvgIpc) is 3.11. The quantitative estimate of drug-likeness (QED) is 0.876. The van der Waals surface area contributed by atoms with Crippen LogP contribution < -0.4 is 25.4 Å². The summed E-state index contributed by atoms with van der Waals surface area (Å²) in [6.45, 7) is 1.96. The number of benzene rings is 1. The van der Waals surface area contributed by atoms with Gasteiger partial charge in [-0.1, -0.05) is 0 Å². The molecule has 0 bridgehead atoms. The lowest BCUT2D eigenvalue weighted by Crippen LogP contribution is -2.21. The number of nitrogens with one attached hydrogen (secondary N) is 1. The predicted octanol–water partition coefficient (Wildman–Crippen LogP) is 2.42. The Hall–Kier alpha value is -2.70. The maximum absolute atomic E-state index is 6.26. The third-order valence-electron chi connectivity index (χ3n) is 3.93. The largest absolute Gasteiger partial charge is 0.497 e. The molecule has 1 saturated heterocycles. The van der Waals surface area contributed by atoms with Crippen LogP contribution in [-0.2, 0) is 0 Å². The van der Waals surface area contributed by atoms with E-state index in [-0.39, 0.29) is 0 Å². The third kappa shape index (κ3) is 3.08. The van der Waals surface area contributed by atoms with E-state index < -0.39 is 0 Å². The van der Waals surface area contributed by atoms with E-state index in [1.165, 1.54) is 19.2 Å². The second-order valence-corrected chi connectivity index (χ2v) is 5.34. The molecule has 0 saturated carbocycles. The van der Waals surface area contributed by atoms with E-state index in [4.69, 9.17) is 15.2 Å². The van der Waals surface area contributed by atoms with Gasteiger partial charge in [0.2, 0.25) is 0 Å². The molecule has 1 aromatic heterocycles. The molecule has 1 aliphatic heterocycles. The number of hydrogen-bond acceptors (Lipinski definition) is 7. The standard InChI is InChI=1S/C16H21N5O2/c1-22-11-5-6-12(13(9-11)23-2)20-15-14(17)16(19-10-18-15)21-7-3-4-8-21/h5-6,9-10H,3-4,7-8,17H2,1-2H3,(H,18,19,20). The fraction of sp³-hybridized carbons (Fsp3) is 0.375. The molecule has 1 aromatic carbocycles. The Labute approximate surface area is 135 Å². The number of aromatic nitrogens is 2. The van der Waals surface area contributed by atoms with Gasteiger partial charge in [0.05, 0.1) is 19.9 Å². The SMILES string of the molecule is COc1ccc(Nc2ncnc(N3CCCC3)c2N)c(OC)c1. The number of nitrogen functional groups attached to an aromatic ring is 1. The third-order valence-corrected chi connectivity index (χ3v) is 3.93. The van der Waals surface area contributed by atoms with Crippen LogP contribution in [0.5, 0.6) is 11.5 Å². The van der Waals surface area contributed by atoms with Crippen molar-refractivity contribution in [1.82, 2.24) is 9.97 Å². The molecule has 2 heterocycles. The van der Waals surface area contributed by atoms with Crippen molar-refractivity contribution in [3.05, 3.63) is 24.5 Å². The molecule has 0 amide bonds. The molecule has 7 heteroatoms. The minimum Gasteiger partial charge on any atom is -0.497 e. The molecular formula is C16H21N5O2. The average molecular weight is 315 g/mol. The van der Waals surface area contributed by atoms with Crippen molar-refractivity contribution in [2.75, 3.05) is 43.3 Å². The lowest BCUT2D eigenvalue weighted by molar-refractivity contribution is 0.395. The maximum Gasteiger partial charge on any atom is 0.159 e. The number of anilines is 4. The highest BCUT2D eigenvalue weighted by atomic mass is 16.5. The molecule has 2 aromatic rings. The van der Waals surface area contributed by atoms with Crippen molar-refractivity contribution in [2.24, 2.45) is 0 Å². The van der Waals surface area contributed by atoms with Gasteiger partial charge in [-0.3, -0.25) is 0 Å². The highest BCUT2D eigenvalue weighted by Gasteiger charge is 2.19. The summed E-state index contributed by atoms with van der Waals surface area (Å²) >= 11 is 0.